The first-order valence-electron chi connectivity index (χ1n) is 4.99. The third-order valence-corrected chi connectivity index (χ3v) is 2.41. The van der Waals surface area contributed by atoms with Crippen molar-refractivity contribution in [2.75, 3.05) is 13.2 Å². The second kappa shape index (κ2) is 4.26. The molecule has 1 aromatic carbocycles. The van der Waals surface area contributed by atoms with Gasteiger partial charge < -0.3 is 14.7 Å². The van der Waals surface area contributed by atoms with Gasteiger partial charge in [-0.2, -0.15) is 0 Å². The molecule has 0 aromatic heterocycles. The summed E-state index contributed by atoms with van der Waals surface area (Å²) in [6.45, 7) is 6.09. The Bertz CT molecular complexity index is 452. The van der Waals surface area contributed by atoms with Crippen LogP contribution in [0.2, 0.25) is 0 Å². The Morgan fingerprint density at radius 1 is 1.62 bits per heavy atom. The minimum absolute atomic E-state index is 0.229. The second-order valence-corrected chi connectivity index (χ2v) is 3.50. The molecule has 4 nitrogen and oxygen atoms in total. The molecule has 0 bridgehead atoms. The molecule has 1 aromatic rings. The van der Waals surface area contributed by atoms with Crippen LogP contribution in [-0.2, 0) is 4.84 Å². The van der Waals surface area contributed by atoms with Crippen molar-refractivity contribution in [1.82, 2.24) is 0 Å². The number of fused-ring (bicyclic) bond motifs is 1. The fourth-order valence-corrected chi connectivity index (χ4v) is 1.56. The first-order chi connectivity index (χ1) is 7.74. The fraction of sp³-hybridized carbons (Fsp3) is 0.250. The van der Waals surface area contributed by atoms with Gasteiger partial charge in [0, 0.05) is 11.1 Å². The van der Waals surface area contributed by atoms with Crippen molar-refractivity contribution in [2.45, 2.75) is 6.92 Å². The van der Waals surface area contributed by atoms with Gasteiger partial charge in [-0.05, 0) is 19.1 Å². The third-order valence-electron chi connectivity index (χ3n) is 2.41. The number of rotatable bonds is 3. The summed E-state index contributed by atoms with van der Waals surface area (Å²) in [6.07, 6.45) is 1.63. The number of phenolic OH excluding ortho intramolecular Hbond substituents is 1. The van der Waals surface area contributed by atoms with E-state index in [4.69, 9.17) is 9.57 Å². The normalized spacial score (nSPS) is 15.7. The number of hydrogen-bond acceptors (Lipinski definition) is 4. The van der Waals surface area contributed by atoms with Crippen LogP contribution in [0.1, 0.15) is 11.1 Å². The topological polar surface area (TPSA) is 51.0 Å². The lowest BCUT2D eigenvalue weighted by Gasteiger charge is -2.03. The van der Waals surface area contributed by atoms with E-state index in [9.17, 15) is 5.11 Å². The molecular formula is C12H13NO3. The van der Waals surface area contributed by atoms with Crippen molar-refractivity contribution in [2.24, 2.45) is 5.16 Å². The minimum atomic E-state index is 0.229. The molecule has 1 heterocycles. The SMILES string of the molecule is C=CCO/N=C1\COc2c1ccc(O)c2C. The minimum Gasteiger partial charge on any atom is -0.508 e. The summed E-state index contributed by atoms with van der Waals surface area (Å²) >= 11 is 0. The predicted molar refractivity (Wildman–Crippen MR) is 61.0 cm³/mol. The molecule has 0 aliphatic carbocycles. The Morgan fingerprint density at radius 2 is 2.44 bits per heavy atom. The highest BCUT2D eigenvalue weighted by Crippen LogP contribution is 2.34. The number of hydrogen-bond donors (Lipinski definition) is 1. The molecule has 1 aliphatic rings. The summed E-state index contributed by atoms with van der Waals surface area (Å²) in [4.78, 5) is 5.02. The van der Waals surface area contributed by atoms with Crippen molar-refractivity contribution in [1.29, 1.82) is 0 Å². The third kappa shape index (κ3) is 1.74. The van der Waals surface area contributed by atoms with E-state index in [2.05, 4.69) is 11.7 Å². The zero-order valence-electron chi connectivity index (χ0n) is 9.06. The van der Waals surface area contributed by atoms with Crippen LogP contribution in [0.15, 0.2) is 29.9 Å². The molecule has 0 spiro atoms. The summed E-state index contributed by atoms with van der Waals surface area (Å²) in [5.74, 6) is 0.910. The lowest BCUT2D eigenvalue weighted by atomic mass is 10.1. The van der Waals surface area contributed by atoms with E-state index < -0.39 is 0 Å². The van der Waals surface area contributed by atoms with Crippen LogP contribution in [0.25, 0.3) is 0 Å². The predicted octanol–water partition coefficient (Wildman–Crippen LogP) is 2.00. The molecule has 0 unspecified atom stereocenters. The Kier molecular flexibility index (Phi) is 2.81. The Labute approximate surface area is 93.8 Å². The molecular weight excluding hydrogens is 206 g/mol. The number of benzene rings is 1. The molecule has 0 saturated carbocycles. The van der Waals surface area contributed by atoms with Crippen LogP contribution in [0.4, 0.5) is 0 Å². The maximum atomic E-state index is 9.52. The molecule has 4 heteroatoms. The van der Waals surface area contributed by atoms with Gasteiger partial charge in [-0.1, -0.05) is 17.8 Å². The number of phenols is 1. The van der Waals surface area contributed by atoms with Crippen LogP contribution < -0.4 is 4.74 Å². The van der Waals surface area contributed by atoms with Crippen LogP contribution in [-0.4, -0.2) is 24.0 Å². The Morgan fingerprint density at radius 3 is 3.19 bits per heavy atom. The van der Waals surface area contributed by atoms with Gasteiger partial charge in [0.05, 0.1) is 0 Å². The summed E-state index contributed by atoms with van der Waals surface area (Å²) < 4.78 is 5.46. The number of aromatic hydroxyl groups is 1. The molecule has 0 fully saturated rings. The van der Waals surface area contributed by atoms with Crippen molar-refractivity contribution in [3.8, 4) is 11.5 Å². The van der Waals surface area contributed by atoms with Crippen molar-refractivity contribution >= 4 is 5.71 Å². The molecule has 0 radical (unpaired) electrons. The van der Waals surface area contributed by atoms with Gasteiger partial charge in [-0.15, -0.1) is 0 Å². The second-order valence-electron chi connectivity index (χ2n) is 3.50. The van der Waals surface area contributed by atoms with Gasteiger partial charge in [0.2, 0.25) is 0 Å². The van der Waals surface area contributed by atoms with E-state index in [0.717, 1.165) is 16.8 Å². The Balaban J connectivity index is 2.30. The van der Waals surface area contributed by atoms with Crippen LogP contribution in [0.5, 0.6) is 11.5 Å². The van der Waals surface area contributed by atoms with E-state index in [1.807, 2.05) is 6.92 Å². The van der Waals surface area contributed by atoms with Crippen LogP contribution in [0.3, 0.4) is 0 Å². The lowest BCUT2D eigenvalue weighted by Crippen LogP contribution is -2.03. The first-order valence-corrected chi connectivity index (χ1v) is 4.99. The summed E-state index contributed by atoms with van der Waals surface area (Å²) in [5.41, 5.74) is 2.34. The van der Waals surface area contributed by atoms with E-state index >= 15 is 0 Å². The number of nitrogens with zero attached hydrogens (tertiary/aromatic N) is 1. The van der Waals surface area contributed by atoms with Gasteiger partial charge in [-0.3, -0.25) is 0 Å². The standard InChI is InChI=1S/C12H13NO3/c1-3-6-16-13-10-7-15-12-8(2)11(14)5-4-9(10)12/h3-5,14H,1,6-7H2,2H3/b13-10+. The van der Waals surface area contributed by atoms with Gasteiger partial charge >= 0.3 is 0 Å². The molecule has 0 saturated heterocycles. The maximum Gasteiger partial charge on any atom is 0.135 e. The number of oxime groups is 1. The molecule has 0 amide bonds. The molecule has 16 heavy (non-hydrogen) atoms. The van der Waals surface area contributed by atoms with E-state index in [-0.39, 0.29) is 5.75 Å². The van der Waals surface area contributed by atoms with E-state index in [1.165, 1.54) is 0 Å². The monoisotopic (exact) mass is 219 g/mol. The average molecular weight is 219 g/mol. The molecule has 0 atom stereocenters. The lowest BCUT2D eigenvalue weighted by molar-refractivity contribution is 0.173. The zero-order valence-corrected chi connectivity index (χ0v) is 9.06. The van der Waals surface area contributed by atoms with Crippen LogP contribution >= 0.6 is 0 Å². The van der Waals surface area contributed by atoms with Crippen molar-refractivity contribution < 1.29 is 14.7 Å². The fourth-order valence-electron chi connectivity index (χ4n) is 1.56. The quantitative estimate of drug-likeness (QED) is 0.480. The largest absolute Gasteiger partial charge is 0.508 e. The van der Waals surface area contributed by atoms with Crippen molar-refractivity contribution in [3.05, 3.63) is 35.9 Å². The highest BCUT2D eigenvalue weighted by Gasteiger charge is 2.23. The van der Waals surface area contributed by atoms with Gasteiger partial charge in [-0.25, -0.2) is 0 Å². The first kappa shape index (κ1) is 10.5. The molecule has 2 rings (SSSR count). The molecule has 84 valence electrons. The van der Waals surface area contributed by atoms with Crippen LogP contribution in [0, 0.1) is 6.92 Å². The average Bonchev–Trinajstić information content (AvgIpc) is 2.68. The van der Waals surface area contributed by atoms with E-state index in [0.29, 0.717) is 19.0 Å². The highest BCUT2D eigenvalue weighted by molar-refractivity contribution is 6.06. The summed E-state index contributed by atoms with van der Waals surface area (Å²) in [6, 6.07) is 3.41. The smallest absolute Gasteiger partial charge is 0.135 e. The van der Waals surface area contributed by atoms with Gasteiger partial charge in [0.15, 0.2) is 0 Å². The maximum absolute atomic E-state index is 9.52. The molecule has 1 N–H and O–H groups in total. The number of ether oxygens (including phenoxy) is 1. The zero-order chi connectivity index (χ0) is 11.5. The summed E-state index contributed by atoms with van der Waals surface area (Å²) in [7, 11) is 0. The van der Waals surface area contributed by atoms with E-state index in [1.54, 1.807) is 18.2 Å². The highest BCUT2D eigenvalue weighted by atomic mass is 16.6. The van der Waals surface area contributed by atoms with Crippen molar-refractivity contribution in [3.63, 3.8) is 0 Å². The van der Waals surface area contributed by atoms with Gasteiger partial charge in [0.1, 0.15) is 30.4 Å². The summed E-state index contributed by atoms with van der Waals surface area (Å²) in [5, 5.41) is 13.5. The molecule has 1 aliphatic heterocycles. The van der Waals surface area contributed by atoms with Gasteiger partial charge in [0.25, 0.3) is 0 Å². The Hall–Kier alpha value is -1.97.